The molecule has 33 heavy (non-hydrogen) atoms. The Morgan fingerprint density at radius 3 is 2.33 bits per heavy atom. The number of rotatable bonds is 4. The molecule has 0 saturated carbocycles. The van der Waals surface area contributed by atoms with Gasteiger partial charge in [-0.2, -0.15) is 0 Å². The number of halogens is 1. The van der Waals surface area contributed by atoms with Crippen LogP contribution in [0.25, 0.3) is 0 Å². The number of nitrogens with one attached hydrogen (secondary N) is 1. The lowest BCUT2D eigenvalue weighted by Crippen LogP contribution is -2.33. The molecule has 2 aliphatic rings. The fraction of sp³-hybridized carbons (Fsp3) is 0.214. The molecule has 2 heterocycles. The Morgan fingerprint density at radius 1 is 0.970 bits per heavy atom. The predicted molar refractivity (Wildman–Crippen MR) is 135 cm³/mol. The molecule has 0 saturated heterocycles. The molecule has 0 spiro atoms. The summed E-state index contributed by atoms with van der Waals surface area (Å²) in [5.41, 5.74) is 6.58. The minimum absolute atomic E-state index is 0.0456. The van der Waals surface area contributed by atoms with Crippen LogP contribution in [0, 0.1) is 0 Å². The van der Waals surface area contributed by atoms with Crippen LogP contribution in [-0.4, -0.2) is 24.7 Å². The standard InChI is InChI=1S/C28H26ClN3O/c1-18(2)19-8-10-21(11-9-19)27-24-25(20-6-4-3-5-7-20)30-16-17-31-26(24)28(33)32(27)23-14-12-22(29)13-15-23/h3-15,18,27,31H,16-17H2,1-2H3. The molecule has 1 atom stereocenters. The summed E-state index contributed by atoms with van der Waals surface area (Å²) >= 11 is 6.16. The molecule has 5 rings (SSSR count). The first-order chi connectivity index (χ1) is 16.0. The summed E-state index contributed by atoms with van der Waals surface area (Å²) in [6, 6.07) is 25.9. The fourth-order valence-corrected chi connectivity index (χ4v) is 4.69. The van der Waals surface area contributed by atoms with Gasteiger partial charge in [-0.1, -0.05) is 80.0 Å². The minimum atomic E-state index is -0.292. The second-order valence-electron chi connectivity index (χ2n) is 8.69. The summed E-state index contributed by atoms with van der Waals surface area (Å²) in [5, 5.41) is 4.02. The van der Waals surface area contributed by atoms with Crippen LogP contribution in [0.2, 0.25) is 5.02 Å². The summed E-state index contributed by atoms with van der Waals surface area (Å²) in [6.45, 7) is 5.60. The first-order valence-electron chi connectivity index (χ1n) is 11.3. The Labute approximate surface area is 199 Å². The third-order valence-corrected chi connectivity index (χ3v) is 6.50. The van der Waals surface area contributed by atoms with Crippen molar-refractivity contribution in [2.75, 3.05) is 18.0 Å². The number of anilines is 1. The van der Waals surface area contributed by atoms with E-state index in [2.05, 4.69) is 55.6 Å². The van der Waals surface area contributed by atoms with E-state index in [9.17, 15) is 4.79 Å². The van der Waals surface area contributed by atoms with Gasteiger partial charge in [-0.3, -0.25) is 14.7 Å². The van der Waals surface area contributed by atoms with Crippen molar-refractivity contribution in [3.05, 3.63) is 112 Å². The van der Waals surface area contributed by atoms with E-state index in [1.54, 1.807) is 0 Å². The smallest absolute Gasteiger partial charge is 0.275 e. The van der Waals surface area contributed by atoms with Gasteiger partial charge in [0, 0.05) is 28.4 Å². The van der Waals surface area contributed by atoms with Gasteiger partial charge in [-0.15, -0.1) is 0 Å². The first-order valence-corrected chi connectivity index (χ1v) is 11.7. The summed E-state index contributed by atoms with van der Waals surface area (Å²) in [7, 11) is 0. The van der Waals surface area contributed by atoms with E-state index in [4.69, 9.17) is 16.6 Å². The van der Waals surface area contributed by atoms with Gasteiger partial charge in [0.05, 0.1) is 18.3 Å². The zero-order valence-electron chi connectivity index (χ0n) is 18.8. The van der Waals surface area contributed by atoms with E-state index in [0.717, 1.165) is 28.1 Å². The molecular weight excluding hydrogens is 430 g/mol. The number of carbonyl (C=O) groups is 1. The molecule has 0 fully saturated rings. The van der Waals surface area contributed by atoms with Gasteiger partial charge in [0.1, 0.15) is 5.70 Å². The van der Waals surface area contributed by atoms with Gasteiger partial charge in [0.25, 0.3) is 5.91 Å². The van der Waals surface area contributed by atoms with E-state index in [1.165, 1.54) is 5.56 Å². The number of carbonyl (C=O) groups excluding carboxylic acids is 1. The van der Waals surface area contributed by atoms with E-state index in [-0.39, 0.29) is 11.9 Å². The van der Waals surface area contributed by atoms with Crippen LogP contribution in [0.3, 0.4) is 0 Å². The minimum Gasteiger partial charge on any atom is -0.378 e. The van der Waals surface area contributed by atoms with Crippen LogP contribution < -0.4 is 10.2 Å². The van der Waals surface area contributed by atoms with E-state index >= 15 is 0 Å². The number of benzene rings is 3. The van der Waals surface area contributed by atoms with E-state index in [0.29, 0.717) is 29.7 Å². The van der Waals surface area contributed by atoms with Crippen LogP contribution in [0.15, 0.2) is 95.1 Å². The number of amides is 1. The highest BCUT2D eigenvalue weighted by molar-refractivity contribution is 6.30. The molecule has 5 heteroatoms. The van der Waals surface area contributed by atoms with Crippen LogP contribution in [0.1, 0.15) is 42.5 Å². The third-order valence-electron chi connectivity index (χ3n) is 6.24. The molecule has 2 aliphatic heterocycles. The fourth-order valence-electron chi connectivity index (χ4n) is 4.56. The summed E-state index contributed by atoms with van der Waals surface area (Å²) in [4.78, 5) is 20.6. The zero-order valence-corrected chi connectivity index (χ0v) is 19.5. The van der Waals surface area contributed by atoms with Gasteiger partial charge in [-0.05, 0) is 41.3 Å². The highest BCUT2D eigenvalue weighted by Crippen LogP contribution is 2.43. The molecule has 166 valence electrons. The number of hydrogen-bond acceptors (Lipinski definition) is 3. The average Bonchev–Trinajstić information content (AvgIpc) is 2.98. The quantitative estimate of drug-likeness (QED) is 0.532. The lowest BCUT2D eigenvalue weighted by molar-refractivity contribution is -0.115. The Hall–Kier alpha value is -3.37. The second-order valence-corrected chi connectivity index (χ2v) is 9.12. The number of nitrogens with zero attached hydrogens (tertiary/aromatic N) is 2. The van der Waals surface area contributed by atoms with Crippen molar-refractivity contribution in [2.45, 2.75) is 25.8 Å². The Kier molecular flexibility index (Phi) is 5.77. The van der Waals surface area contributed by atoms with Gasteiger partial charge < -0.3 is 5.32 Å². The first kappa shape index (κ1) is 21.5. The molecule has 1 unspecified atom stereocenters. The largest absolute Gasteiger partial charge is 0.378 e. The van der Waals surface area contributed by atoms with Gasteiger partial charge in [0.2, 0.25) is 0 Å². The van der Waals surface area contributed by atoms with Gasteiger partial charge >= 0.3 is 0 Å². The summed E-state index contributed by atoms with van der Waals surface area (Å²) in [6.07, 6.45) is 0. The monoisotopic (exact) mass is 455 g/mol. The predicted octanol–water partition coefficient (Wildman–Crippen LogP) is 5.90. The number of aliphatic imine (C=N–C) groups is 1. The van der Waals surface area contributed by atoms with Crippen molar-refractivity contribution in [1.82, 2.24) is 5.32 Å². The SMILES string of the molecule is CC(C)c1ccc(C2C3=C(NCCN=C3c3ccccc3)C(=O)N2c2ccc(Cl)cc2)cc1. The molecule has 1 amide bonds. The Balaban J connectivity index is 1.70. The van der Waals surface area contributed by atoms with Crippen LogP contribution in [-0.2, 0) is 4.79 Å². The topological polar surface area (TPSA) is 44.7 Å². The second kappa shape index (κ2) is 8.87. The van der Waals surface area contributed by atoms with E-state index < -0.39 is 0 Å². The third kappa shape index (κ3) is 3.96. The molecule has 0 aliphatic carbocycles. The lowest BCUT2D eigenvalue weighted by atomic mass is 9.90. The maximum absolute atomic E-state index is 13.8. The van der Waals surface area contributed by atoms with Crippen molar-refractivity contribution in [3.8, 4) is 0 Å². The van der Waals surface area contributed by atoms with Crippen molar-refractivity contribution >= 4 is 28.9 Å². The maximum Gasteiger partial charge on any atom is 0.275 e. The molecule has 3 aromatic carbocycles. The normalized spacial score (nSPS) is 18.2. The van der Waals surface area contributed by atoms with Crippen LogP contribution in [0.4, 0.5) is 5.69 Å². The lowest BCUT2D eigenvalue weighted by Gasteiger charge is -2.28. The molecule has 0 aromatic heterocycles. The highest BCUT2D eigenvalue weighted by atomic mass is 35.5. The van der Waals surface area contributed by atoms with E-state index in [1.807, 2.05) is 47.4 Å². The highest BCUT2D eigenvalue weighted by Gasteiger charge is 2.43. The van der Waals surface area contributed by atoms with Gasteiger partial charge in [0.15, 0.2) is 0 Å². The average molecular weight is 456 g/mol. The Morgan fingerprint density at radius 2 is 1.67 bits per heavy atom. The summed E-state index contributed by atoms with van der Waals surface area (Å²) < 4.78 is 0. The van der Waals surface area contributed by atoms with Crippen molar-refractivity contribution in [3.63, 3.8) is 0 Å². The molecule has 1 N–H and O–H groups in total. The molecule has 0 bridgehead atoms. The molecule has 4 nitrogen and oxygen atoms in total. The van der Waals surface area contributed by atoms with Crippen molar-refractivity contribution < 1.29 is 4.79 Å². The maximum atomic E-state index is 13.8. The Bertz CT molecular complexity index is 1230. The van der Waals surface area contributed by atoms with Crippen molar-refractivity contribution in [1.29, 1.82) is 0 Å². The van der Waals surface area contributed by atoms with Gasteiger partial charge in [-0.25, -0.2) is 0 Å². The summed E-state index contributed by atoms with van der Waals surface area (Å²) in [5.74, 6) is 0.392. The molecule has 3 aromatic rings. The number of hydrogen-bond donors (Lipinski definition) is 1. The zero-order chi connectivity index (χ0) is 22.9. The van der Waals surface area contributed by atoms with Crippen molar-refractivity contribution in [2.24, 2.45) is 4.99 Å². The van der Waals surface area contributed by atoms with Crippen LogP contribution >= 0.6 is 11.6 Å². The molecular formula is C28H26ClN3O. The van der Waals surface area contributed by atoms with Crippen LogP contribution in [0.5, 0.6) is 0 Å². The molecule has 0 radical (unpaired) electrons.